The second kappa shape index (κ2) is 9.26. The zero-order valence-electron chi connectivity index (χ0n) is 17.4. The summed E-state index contributed by atoms with van der Waals surface area (Å²) >= 11 is 0. The summed E-state index contributed by atoms with van der Waals surface area (Å²) in [6, 6.07) is 22.9. The molecule has 6 nitrogen and oxygen atoms in total. The predicted molar refractivity (Wildman–Crippen MR) is 118 cm³/mol. The Morgan fingerprint density at radius 3 is 2.48 bits per heavy atom. The van der Waals surface area contributed by atoms with Gasteiger partial charge in [0, 0.05) is 6.54 Å². The number of carbonyl (C=O) groups excluding carboxylic acids is 1. The first-order valence-corrected chi connectivity index (χ1v) is 9.85. The minimum atomic E-state index is -0.299. The highest BCUT2D eigenvalue weighted by Crippen LogP contribution is 2.27. The molecule has 0 saturated carbocycles. The third-order valence-electron chi connectivity index (χ3n) is 4.89. The Morgan fingerprint density at radius 2 is 1.68 bits per heavy atom. The van der Waals surface area contributed by atoms with Gasteiger partial charge in [0.05, 0.1) is 14.2 Å². The standard InChI is InChI=1S/C25H23NO5/c1-28-22-11-7-17(13-24(22)29-2)15-26-25(27)23-12-10-21(31-23)16-30-20-9-8-18-5-3-4-6-19(18)14-20/h3-14H,15-16H2,1-2H3,(H,26,27). The minimum absolute atomic E-state index is 0.234. The molecule has 1 heterocycles. The van der Waals surface area contributed by atoms with Crippen LogP contribution in [0.1, 0.15) is 21.9 Å². The van der Waals surface area contributed by atoms with Gasteiger partial charge in [-0.3, -0.25) is 4.79 Å². The van der Waals surface area contributed by atoms with Crippen molar-refractivity contribution in [3.63, 3.8) is 0 Å². The van der Waals surface area contributed by atoms with Gasteiger partial charge in [-0.15, -0.1) is 0 Å². The van der Waals surface area contributed by atoms with E-state index < -0.39 is 0 Å². The number of rotatable bonds is 8. The lowest BCUT2D eigenvalue weighted by Crippen LogP contribution is -2.22. The molecule has 6 heteroatoms. The van der Waals surface area contributed by atoms with E-state index in [1.807, 2.05) is 48.5 Å². The molecule has 158 valence electrons. The van der Waals surface area contributed by atoms with Crippen LogP contribution in [-0.2, 0) is 13.2 Å². The maximum Gasteiger partial charge on any atom is 0.287 e. The summed E-state index contributed by atoms with van der Waals surface area (Å²) in [4.78, 5) is 12.4. The molecule has 0 aliphatic heterocycles. The summed E-state index contributed by atoms with van der Waals surface area (Å²) in [7, 11) is 3.15. The van der Waals surface area contributed by atoms with Crippen LogP contribution in [0.2, 0.25) is 0 Å². The first kappa shape index (κ1) is 20.3. The van der Waals surface area contributed by atoms with Crippen molar-refractivity contribution in [2.45, 2.75) is 13.2 Å². The fourth-order valence-electron chi connectivity index (χ4n) is 3.25. The Bertz CT molecular complexity index is 1200. The highest BCUT2D eigenvalue weighted by atomic mass is 16.5. The van der Waals surface area contributed by atoms with Crippen LogP contribution in [0.3, 0.4) is 0 Å². The van der Waals surface area contributed by atoms with Crippen molar-refractivity contribution >= 4 is 16.7 Å². The van der Waals surface area contributed by atoms with Crippen LogP contribution < -0.4 is 19.5 Å². The van der Waals surface area contributed by atoms with E-state index in [2.05, 4.69) is 11.4 Å². The smallest absolute Gasteiger partial charge is 0.287 e. The highest BCUT2D eigenvalue weighted by Gasteiger charge is 2.12. The molecule has 0 atom stereocenters. The van der Waals surface area contributed by atoms with Gasteiger partial charge in [0.15, 0.2) is 17.3 Å². The van der Waals surface area contributed by atoms with Crippen molar-refractivity contribution in [2.24, 2.45) is 0 Å². The molecule has 0 spiro atoms. The van der Waals surface area contributed by atoms with Crippen molar-refractivity contribution in [3.8, 4) is 17.2 Å². The van der Waals surface area contributed by atoms with Gasteiger partial charge in [0.2, 0.25) is 0 Å². The van der Waals surface area contributed by atoms with Crippen LogP contribution in [-0.4, -0.2) is 20.1 Å². The molecule has 1 aromatic heterocycles. The van der Waals surface area contributed by atoms with Crippen LogP contribution in [0.4, 0.5) is 0 Å². The summed E-state index contributed by atoms with van der Waals surface area (Å²) in [5, 5.41) is 5.10. The summed E-state index contributed by atoms with van der Waals surface area (Å²) in [6.07, 6.45) is 0. The van der Waals surface area contributed by atoms with E-state index in [9.17, 15) is 4.79 Å². The fraction of sp³-hybridized carbons (Fsp3) is 0.160. The maximum absolute atomic E-state index is 12.4. The van der Waals surface area contributed by atoms with E-state index in [0.717, 1.165) is 22.1 Å². The Balaban J connectivity index is 1.34. The van der Waals surface area contributed by atoms with Crippen molar-refractivity contribution in [1.29, 1.82) is 0 Å². The zero-order chi connectivity index (χ0) is 21.6. The third-order valence-corrected chi connectivity index (χ3v) is 4.89. The Kier molecular flexibility index (Phi) is 6.08. The van der Waals surface area contributed by atoms with E-state index in [0.29, 0.717) is 23.8 Å². The monoisotopic (exact) mass is 417 g/mol. The lowest BCUT2D eigenvalue weighted by atomic mass is 10.1. The molecule has 4 rings (SSSR count). The van der Waals surface area contributed by atoms with E-state index in [1.54, 1.807) is 32.4 Å². The van der Waals surface area contributed by atoms with Crippen molar-refractivity contribution in [3.05, 3.63) is 89.9 Å². The normalized spacial score (nSPS) is 10.6. The molecule has 1 amide bonds. The lowest BCUT2D eigenvalue weighted by Gasteiger charge is -2.10. The Morgan fingerprint density at radius 1 is 0.871 bits per heavy atom. The number of nitrogens with one attached hydrogen (secondary N) is 1. The largest absolute Gasteiger partial charge is 0.493 e. The number of carbonyl (C=O) groups is 1. The van der Waals surface area contributed by atoms with Gasteiger partial charge in [0.1, 0.15) is 18.1 Å². The number of methoxy groups -OCH3 is 2. The molecule has 0 aliphatic rings. The highest BCUT2D eigenvalue weighted by molar-refractivity contribution is 5.91. The van der Waals surface area contributed by atoms with Crippen molar-refractivity contribution in [1.82, 2.24) is 5.32 Å². The number of hydrogen-bond acceptors (Lipinski definition) is 5. The first-order valence-electron chi connectivity index (χ1n) is 9.85. The molecule has 0 radical (unpaired) electrons. The number of furan rings is 1. The SMILES string of the molecule is COc1ccc(CNC(=O)c2ccc(COc3ccc4ccccc4c3)o2)cc1OC. The van der Waals surface area contributed by atoms with E-state index >= 15 is 0 Å². The Hall–Kier alpha value is -3.93. The second-order valence-corrected chi connectivity index (χ2v) is 6.94. The maximum atomic E-state index is 12.4. The first-order chi connectivity index (χ1) is 15.2. The number of fused-ring (bicyclic) bond motifs is 1. The van der Waals surface area contributed by atoms with Crippen LogP contribution in [0.15, 0.2) is 77.2 Å². The molecule has 4 aromatic rings. The number of ether oxygens (including phenoxy) is 3. The van der Waals surface area contributed by atoms with E-state index in [-0.39, 0.29) is 18.3 Å². The van der Waals surface area contributed by atoms with Gasteiger partial charge in [-0.2, -0.15) is 0 Å². The number of amides is 1. The van der Waals surface area contributed by atoms with Gasteiger partial charge in [0.25, 0.3) is 5.91 Å². The van der Waals surface area contributed by atoms with E-state index in [4.69, 9.17) is 18.6 Å². The van der Waals surface area contributed by atoms with Gasteiger partial charge >= 0.3 is 0 Å². The predicted octanol–water partition coefficient (Wildman–Crippen LogP) is 4.96. The van der Waals surface area contributed by atoms with Crippen LogP contribution >= 0.6 is 0 Å². The topological polar surface area (TPSA) is 69.9 Å². The van der Waals surface area contributed by atoms with Crippen LogP contribution in [0.25, 0.3) is 10.8 Å². The van der Waals surface area contributed by atoms with Crippen LogP contribution in [0.5, 0.6) is 17.2 Å². The molecule has 3 aromatic carbocycles. The number of benzene rings is 3. The summed E-state index contributed by atoms with van der Waals surface area (Å²) in [6.45, 7) is 0.574. The summed E-state index contributed by atoms with van der Waals surface area (Å²) in [5.41, 5.74) is 0.886. The minimum Gasteiger partial charge on any atom is -0.493 e. The van der Waals surface area contributed by atoms with Crippen LogP contribution in [0, 0.1) is 0 Å². The fourth-order valence-corrected chi connectivity index (χ4v) is 3.25. The summed E-state index contributed by atoms with van der Waals surface area (Å²) < 4.78 is 22.0. The number of hydrogen-bond donors (Lipinski definition) is 1. The molecule has 0 saturated heterocycles. The zero-order valence-corrected chi connectivity index (χ0v) is 17.4. The third kappa shape index (κ3) is 4.80. The van der Waals surface area contributed by atoms with Gasteiger partial charge < -0.3 is 23.9 Å². The van der Waals surface area contributed by atoms with Gasteiger partial charge in [-0.05, 0) is 52.7 Å². The summed E-state index contributed by atoms with van der Waals surface area (Å²) in [5.74, 6) is 2.50. The lowest BCUT2D eigenvalue weighted by molar-refractivity contribution is 0.0919. The van der Waals surface area contributed by atoms with Gasteiger partial charge in [-0.1, -0.05) is 36.4 Å². The average Bonchev–Trinajstić information content (AvgIpc) is 3.30. The molecule has 1 N–H and O–H groups in total. The molecule has 0 fully saturated rings. The average molecular weight is 417 g/mol. The molecule has 0 unspecified atom stereocenters. The van der Waals surface area contributed by atoms with Crippen molar-refractivity contribution in [2.75, 3.05) is 14.2 Å². The van der Waals surface area contributed by atoms with E-state index in [1.165, 1.54) is 0 Å². The van der Waals surface area contributed by atoms with Gasteiger partial charge in [-0.25, -0.2) is 0 Å². The second-order valence-electron chi connectivity index (χ2n) is 6.94. The molecule has 0 bridgehead atoms. The molecule has 31 heavy (non-hydrogen) atoms. The van der Waals surface area contributed by atoms with Crippen molar-refractivity contribution < 1.29 is 23.4 Å². The quantitative estimate of drug-likeness (QED) is 0.439. The molecular weight excluding hydrogens is 394 g/mol. The molecule has 0 aliphatic carbocycles. The Labute approximate surface area is 180 Å². The molecular formula is C25H23NO5.